The van der Waals surface area contributed by atoms with E-state index in [1.165, 1.54) is 18.9 Å². The molecule has 1 heterocycles. The van der Waals surface area contributed by atoms with Crippen LogP contribution in [0.1, 0.15) is 5.56 Å². The zero-order valence-electron chi connectivity index (χ0n) is 14.5. The van der Waals surface area contributed by atoms with E-state index in [1.54, 1.807) is 6.21 Å². The Morgan fingerprint density at radius 2 is 2.04 bits per heavy atom. The summed E-state index contributed by atoms with van der Waals surface area (Å²) in [6.45, 7) is 0. The number of aromatic amines is 1. The first-order valence-corrected chi connectivity index (χ1v) is 8.95. The molecule has 1 aromatic heterocycles. The number of para-hydroxylation sites is 1. The van der Waals surface area contributed by atoms with E-state index in [2.05, 4.69) is 30.4 Å². The van der Waals surface area contributed by atoms with Crippen molar-refractivity contribution >= 4 is 29.9 Å². The summed E-state index contributed by atoms with van der Waals surface area (Å²) in [5.74, 6) is 1.66. The molecule has 138 valence electrons. The number of hydrazone groups is 1. The minimum Gasteiger partial charge on any atom is -0.468 e. The standard InChI is InChI=1S/C18H17N5O3S/c1-25-16(24)12-27-18-20-17(22-23-18)21-19-11-13-6-5-9-15(10-13)26-14-7-3-2-4-8-14/h2-11H,12H2,1H3,(H2,20,21,22,23)/b19-11-. The Bertz CT molecular complexity index is 914. The number of nitrogens with zero attached hydrogens (tertiary/aromatic N) is 3. The van der Waals surface area contributed by atoms with E-state index in [9.17, 15) is 4.79 Å². The van der Waals surface area contributed by atoms with Crippen molar-refractivity contribution in [3.63, 3.8) is 0 Å². The molecule has 0 saturated carbocycles. The molecule has 0 aliphatic carbocycles. The van der Waals surface area contributed by atoms with Gasteiger partial charge in [-0.05, 0) is 29.8 Å². The summed E-state index contributed by atoms with van der Waals surface area (Å²) in [5, 5.41) is 11.2. The largest absolute Gasteiger partial charge is 0.468 e. The van der Waals surface area contributed by atoms with Gasteiger partial charge in [0, 0.05) is 0 Å². The zero-order chi connectivity index (χ0) is 18.9. The van der Waals surface area contributed by atoms with Crippen molar-refractivity contribution in [2.24, 2.45) is 5.10 Å². The second-order valence-electron chi connectivity index (χ2n) is 5.19. The van der Waals surface area contributed by atoms with E-state index >= 15 is 0 Å². The van der Waals surface area contributed by atoms with Gasteiger partial charge in [-0.3, -0.25) is 4.79 Å². The van der Waals surface area contributed by atoms with E-state index in [0.717, 1.165) is 11.3 Å². The quantitative estimate of drug-likeness (QED) is 0.266. The number of esters is 1. The Balaban J connectivity index is 1.55. The minimum absolute atomic E-state index is 0.144. The number of anilines is 1. The van der Waals surface area contributed by atoms with Gasteiger partial charge in [0.2, 0.25) is 11.1 Å². The second kappa shape index (κ2) is 9.39. The van der Waals surface area contributed by atoms with Crippen LogP contribution >= 0.6 is 11.8 Å². The highest BCUT2D eigenvalue weighted by Crippen LogP contribution is 2.21. The molecule has 2 N–H and O–H groups in total. The molecule has 0 saturated heterocycles. The van der Waals surface area contributed by atoms with Crippen molar-refractivity contribution in [2.45, 2.75) is 5.16 Å². The summed E-state index contributed by atoms with van der Waals surface area (Å²) in [5.41, 5.74) is 3.61. The molecule has 0 radical (unpaired) electrons. The fourth-order valence-corrected chi connectivity index (χ4v) is 2.63. The lowest BCUT2D eigenvalue weighted by atomic mass is 10.2. The van der Waals surface area contributed by atoms with Crippen LogP contribution in [0.3, 0.4) is 0 Å². The first kappa shape index (κ1) is 18.5. The predicted molar refractivity (Wildman–Crippen MR) is 103 cm³/mol. The lowest BCUT2D eigenvalue weighted by Crippen LogP contribution is -2.03. The first-order valence-electron chi connectivity index (χ1n) is 7.97. The number of rotatable bonds is 8. The molecule has 0 amide bonds. The number of methoxy groups -OCH3 is 1. The molecule has 0 unspecified atom stereocenters. The monoisotopic (exact) mass is 383 g/mol. The van der Waals surface area contributed by atoms with E-state index in [4.69, 9.17) is 4.74 Å². The lowest BCUT2D eigenvalue weighted by Gasteiger charge is -2.05. The Hall–Kier alpha value is -3.33. The van der Waals surface area contributed by atoms with E-state index in [0.29, 0.717) is 16.9 Å². The topological polar surface area (TPSA) is 101 Å². The van der Waals surface area contributed by atoms with Crippen molar-refractivity contribution in [3.05, 3.63) is 60.2 Å². The molecule has 3 aromatic rings. The van der Waals surface area contributed by atoms with Crippen LogP contribution < -0.4 is 10.2 Å². The summed E-state index contributed by atoms with van der Waals surface area (Å²) < 4.78 is 10.4. The van der Waals surface area contributed by atoms with Crippen LogP contribution in [-0.2, 0) is 9.53 Å². The molecule has 0 aliphatic rings. The molecule has 27 heavy (non-hydrogen) atoms. The van der Waals surface area contributed by atoms with E-state index < -0.39 is 0 Å². The van der Waals surface area contributed by atoms with Crippen LogP contribution in [0.25, 0.3) is 0 Å². The maximum absolute atomic E-state index is 11.1. The van der Waals surface area contributed by atoms with Gasteiger partial charge in [0.1, 0.15) is 11.5 Å². The van der Waals surface area contributed by atoms with Gasteiger partial charge in [-0.2, -0.15) is 10.1 Å². The summed E-state index contributed by atoms with van der Waals surface area (Å²) in [6.07, 6.45) is 1.64. The van der Waals surface area contributed by atoms with Gasteiger partial charge in [0.05, 0.1) is 19.1 Å². The Kier molecular flexibility index (Phi) is 6.42. The summed E-state index contributed by atoms with van der Waals surface area (Å²) in [6, 6.07) is 17.1. The number of carbonyl (C=O) groups is 1. The van der Waals surface area contributed by atoms with Gasteiger partial charge in [0.25, 0.3) is 0 Å². The highest BCUT2D eigenvalue weighted by Gasteiger charge is 2.07. The first-order chi connectivity index (χ1) is 13.2. The van der Waals surface area contributed by atoms with E-state index in [1.807, 2.05) is 54.6 Å². The molecule has 0 spiro atoms. The minimum atomic E-state index is -0.338. The smallest absolute Gasteiger partial charge is 0.316 e. The van der Waals surface area contributed by atoms with Crippen LogP contribution in [0.2, 0.25) is 0 Å². The average molecular weight is 383 g/mol. The van der Waals surface area contributed by atoms with Crippen LogP contribution in [0, 0.1) is 0 Å². The summed E-state index contributed by atoms with van der Waals surface area (Å²) in [4.78, 5) is 15.3. The summed E-state index contributed by atoms with van der Waals surface area (Å²) >= 11 is 1.17. The van der Waals surface area contributed by atoms with Crippen molar-refractivity contribution in [1.82, 2.24) is 15.2 Å². The molecule has 0 aliphatic heterocycles. The molecule has 0 atom stereocenters. The summed E-state index contributed by atoms with van der Waals surface area (Å²) in [7, 11) is 1.34. The van der Waals surface area contributed by atoms with Gasteiger partial charge in [0.15, 0.2) is 0 Å². The number of benzene rings is 2. The average Bonchev–Trinajstić information content (AvgIpc) is 3.15. The fourth-order valence-electron chi connectivity index (χ4n) is 1.99. The van der Waals surface area contributed by atoms with Crippen LogP contribution in [0.15, 0.2) is 64.9 Å². The van der Waals surface area contributed by atoms with Crippen molar-refractivity contribution < 1.29 is 14.3 Å². The molecule has 0 bridgehead atoms. The second-order valence-corrected chi connectivity index (χ2v) is 6.13. The number of hydrogen-bond donors (Lipinski definition) is 2. The zero-order valence-corrected chi connectivity index (χ0v) is 15.3. The van der Waals surface area contributed by atoms with Gasteiger partial charge >= 0.3 is 5.97 Å². The SMILES string of the molecule is COC(=O)CSc1n[nH]c(N/N=C\c2cccc(Oc3ccccc3)c2)n1. The molecular weight excluding hydrogens is 366 g/mol. The highest BCUT2D eigenvalue weighted by molar-refractivity contribution is 7.99. The molecule has 8 nitrogen and oxygen atoms in total. The molecular formula is C18H17N5O3S. The molecule has 0 fully saturated rings. The number of hydrogen-bond acceptors (Lipinski definition) is 8. The molecule has 2 aromatic carbocycles. The van der Waals surface area contributed by atoms with Crippen molar-refractivity contribution in [3.8, 4) is 11.5 Å². The Labute approximate surface area is 160 Å². The van der Waals surface area contributed by atoms with Crippen LogP contribution in [-0.4, -0.2) is 40.2 Å². The maximum Gasteiger partial charge on any atom is 0.316 e. The fraction of sp³-hybridized carbons (Fsp3) is 0.111. The lowest BCUT2D eigenvalue weighted by molar-refractivity contribution is -0.137. The number of thioether (sulfide) groups is 1. The Morgan fingerprint density at radius 1 is 1.22 bits per heavy atom. The van der Waals surface area contributed by atoms with Crippen LogP contribution in [0.5, 0.6) is 11.5 Å². The normalized spacial score (nSPS) is 10.7. The highest BCUT2D eigenvalue weighted by atomic mass is 32.2. The maximum atomic E-state index is 11.1. The molecule has 9 heteroatoms. The number of H-pyrrole nitrogens is 1. The van der Waals surface area contributed by atoms with Crippen LogP contribution in [0.4, 0.5) is 5.95 Å². The number of nitrogens with one attached hydrogen (secondary N) is 2. The van der Waals surface area contributed by atoms with Crippen molar-refractivity contribution in [1.29, 1.82) is 0 Å². The third kappa shape index (κ3) is 5.86. The third-order valence-electron chi connectivity index (χ3n) is 3.23. The van der Waals surface area contributed by atoms with E-state index in [-0.39, 0.29) is 11.7 Å². The number of ether oxygens (including phenoxy) is 2. The van der Waals surface area contributed by atoms with Crippen molar-refractivity contribution in [2.75, 3.05) is 18.3 Å². The Morgan fingerprint density at radius 3 is 2.85 bits per heavy atom. The molecule has 3 rings (SSSR count). The van der Waals surface area contributed by atoms with Gasteiger partial charge in [-0.25, -0.2) is 10.5 Å². The van der Waals surface area contributed by atoms with Gasteiger partial charge in [-0.1, -0.05) is 42.1 Å². The van der Waals surface area contributed by atoms with Gasteiger partial charge in [-0.15, -0.1) is 5.10 Å². The third-order valence-corrected chi connectivity index (χ3v) is 4.05. The number of aromatic nitrogens is 3. The van der Waals surface area contributed by atoms with Gasteiger partial charge < -0.3 is 9.47 Å². The predicted octanol–water partition coefficient (Wildman–Crippen LogP) is 3.31. The number of carbonyl (C=O) groups excluding carboxylic acids is 1.